The quantitative estimate of drug-likeness (QED) is 0.576. The zero-order valence-corrected chi connectivity index (χ0v) is 17.5. The Labute approximate surface area is 182 Å². The van der Waals surface area contributed by atoms with E-state index in [1.165, 1.54) is 0 Å². The summed E-state index contributed by atoms with van der Waals surface area (Å²) in [7, 11) is 0. The van der Waals surface area contributed by atoms with Gasteiger partial charge in [0.05, 0.1) is 12.6 Å². The number of hydrogen-bond donors (Lipinski definition) is 1. The number of hydrogen-bond acceptors (Lipinski definition) is 5. The first-order valence-electron chi connectivity index (χ1n) is 10.3. The Morgan fingerprint density at radius 1 is 1.03 bits per heavy atom. The molecule has 1 N–H and O–H groups in total. The fourth-order valence-electron chi connectivity index (χ4n) is 3.43. The highest BCUT2D eigenvalue weighted by molar-refractivity contribution is 5.97. The molecule has 7 heteroatoms. The first-order chi connectivity index (χ1) is 15.1. The summed E-state index contributed by atoms with van der Waals surface area (Å²) in [6, 6.07) is 20.9. The number of nitrogens with zero attached hydrogens (tertiary/aromatic N) is 3. The topological polar surface area (TPSA) is 85.7 Å². The van der Waals surface area contributed by atoms with Crippen molar-refractivity contribution < 1.29 is 14.3 Å². The lowest BCUT2D eigenvalue weighted by Gasteiger charge is -2.33. The summed E-state index contributed by atoms with van der Waals surface area (Å²) in [4.78, 5) is 28.3. The van der Waals surface area contributed by atoms with E-state index in [9.17, 15) is 14.9 Å². The number of rotatable bonds is 6. The van der Waals surface area contributed by atoms with Gasteiger partial charge in [0.1, 0.15) is 11.6 Å². The SMILES string of the molecule is CCOC(=O)N1CCN(/C=C(/C#N)C(=O)NC(c2ccccc2)c2ccccc2)CC1. The molecule has 1 saturated heterocycles. The summed E-state index contributed by atoms with van der Waals surface area (Å²) in [5.41, 5.74) is 1.89. The van der Waals surface area contributed by atoms with Crippen molar-refractivity contribution in [2.45, 2.75) is 13.0 Å². The zero-order chi connectivity index (χ0) is 22.1. The highest BCUT2D eigenvalue weighted by Gasteiger charge is 2.23. The van der Waals surface area contributed by atoms with Gasteiger partial charge in [-0.15, -0.1) is 0 Å². The van der Waals surface area contributed by atoms with Gasteiger partial charge in [-0.2, -0.15) is 5.26 Å². The van der Waals surface area contributed by atoms with Crippen molar-refractivity contribution in [3.05, 3.63) is 83.6 Å². The number of benzene rings is 2. The zero-order valence-electron chi connectivity index (χ0n) is 17.5. The molecule has 0 aliphatic carbocycles. The second-order valence-electron chi connectivity index (χ2n) is 7.10. The summed E-state index contributed by atoms with van der Waals surface area (Å²) in [5.74, 6) is -0.437. The number of nitriles is 1. The summed E-state index contributed by atoms with van der Waals surface area (Å²) < 4.78 is 5.02. The molecule has 1 aliphatic rings. The first-order valence-corrected chi connectivity index (χ1v) is 10.3. The van der Waals surface area contributed by atoms with Crippen LogP contribution in [0.4, 0.5) is 4.79 Å². The average molecular weight is 418 g/mol. The van der Waals surface area contributed by atoms with Crippen LogP contribution in [0.2, 0.25) is 0 Å². The van der Waals surface area contributed by atoms with Gasteiger partial charge in [-0.05, 0) is 18.1 Å². The van der Waals surface area contributed by atoms with Crippen LogP contribution in [0, 0.1) is 11.3 Å². The van der Waals surface area contributed by atoms with Crippen molar-refractivity contribution in [1.82, 2.24) is 15.1 Å². The molecule has 0 spiro atoms. The Bertz CT molecular complexity index is 906. The second kappa shape index (κ2) is 10.8. The number of piperazine rings is 1. The summed E-state index contributed by atoms with van der Waals surface area (Å²) in [5, 5.41) is 12.6. The molecule has 2 aromatic rings. The van der Waals surface area contributed by atoms with Gasteiger partial charge in [0.2, 0.25) is 0 Å². The van der Waals surface area contributed by atoms with Crippen LogP contribution in [0.1, 0.15) is 24.1 Å². The van der Waals surface area contributed by atoms with E-state index in [1.807, 2.05) is 71.6 Å². The van der Waals surface area contributed by atoms with E-state index in [-0.39, 0.29) is 17.7 Å². The molecular formula is C24H26N4O3. The van der Waals surface area contributed by atoms with Crippen molar-refractivity contribution in [3.63, 3.8) is 0 Å². The predicted molar refractivity (Wildman–Crippen MR) is 117 cm³/mol. The van der Waals surface area contributed by atoms with E-state index in [0.29, 0.717) is 32.8 Å². The lowest BCUT2D eigenvalue weighted by atomic mass is 9.98. The van der Waals surface area contributed by atoms with Crippen molar-refractivity contribution >= 4 is 12.0 Å². The molecule has 1 heterocycles. The van der Waals surface area contributed by atoms with Gasteiger partial charge < -0.3 is 19.9 Å². The largest absolute Gasteiger partial charge is 0.450 e. The Hall–Kier alpha value is -3.79. The minimum Gasteiger partial charge on any atom is -0.450 e. The van der Waals surface area contributed by atoms with Crippen molar-refractivity contribution in [2.24, 2.45) is 0 Å². The smallest absolute Gasteiger partial charge is 0.409 e. The molecular weight excluding hydrogens is 392 g/mol. The Morgan fingerprint density at radius 2 is 1.58 bits per heavy atom. The molecule has 31 heavy (non-hydrogen) atoms. The fraction of sp³-hybridized carbons (Fsp3) is 0.292. The molecule has 0 bridgehead atoms. The minimum atomic E-state index is -0.437. The Kier molecular flexibility index (Phi) is 7.66. The summed E-state index contributed by atoms with van der Waals surface area (Å²) in [6.07, 6.45) is 1.24. The fourth-order valence-corrected chi connectivity index (χ4v) is 3.43. The molecule has 1 aliphatic heterocycles. The Morgan fingerprint density at radius 3 is 2.06 bits per heavy atom. The third kappa shape index (κ3) is 5.86. The normalized spacial score (nSPS) is 14.2. The van der Waals surface area contributed by atoms with Crippen LogP contribution in [0.3, 0.4) is 0 Å². The summed E-state index contributed by atoms with van der Waals surface area (Å²) in [6.45, 7) is 4.11. The molecule has 2 aromatic carbocycles. The van der Waals surface area contributed by atoms with Crippen molar-refractivity contribution in [3.8, 4) is 6.07 Å². The van der Waals surface area contributed by atoms with Crippen LogP contribution < -0.4 is 5.32 Å². The van der Waals surface area contributed by atoms with E-state index in [0.717, 1.165) is 11.1 Å². The number of amides is 2. The third-order valence-electron chi connectivity index (χ3n) is 5.06. The minimum absolute atomic E-state index is 0.0291. The highest BCUT2D eigenvalue weighted by atomic mass is 16.6. The van der Waals surface area contributed by atoms with Crippen LogP contribution in [0.15, 0.2) is 72.4 Å². The molecule has 2 amide bonds. The van der Waals surface area contributed by atoms with E-state index in [4.69, 9.17) is 4.74 Å². The number of carbonyl (C=O) groups excluding carboxylic acids is 2. The van der Waals surface area contributed by atoms with Gasteiger partial charge in [-0.3, -0.25) is 4.79 Å². The molecule has 7 nitrogen and oxygen atoms in total. The van der Waals surface area contributed by atoms with Gasteiger partial charge in [-0.25, -0.2) is 4.79 Å². The van der Waals surface area contributed by atoms with Crippen molar-refractivity contribution in [2.75, 3.05) is 32.8 Å². The Balaban J connectivity index is 1.71. The summed E-state index contributed by atoms with van der Waals surface area (Å²) >= 11 is 0. The van der Waals surface area contributed by atoms with Crippen LogP contribution in [0.25, 0.3) is 0 Å². The van der Waals surface area contributed by atoms with Gasteiger partial charge in [-0.1, -0.05) is 60.7 Å². The van der Waals surface area contributed by atoms with Crippen LogP contribution in [0.5, 0.6) is 0 Å². The van der Waals surface area contributed by atoms with Gasteiger partial charge in [0.25, 0.3) is 5.91 Å². The maximum Gasteiger partial charge on any atom is 0.409 e. The molecule has 0 saturated carbocycles. The van der Waals surface area contributed by atoms with E-state index < -0.39 is 5.91 Å². The standard InChI is InChI=1S/C24H26N4O3/c1-2-31-24(30)28-15-13-27(14-16-28)18-21(17-25)23(29)26-22(19-9-5-3-6-10-19)20-11-7-4-8-12-20/h3-12,18,22H,2,13-16H2,1H3,(H,26,29)/b21-18-. The molecule has 0 radical (unpaired) electrons. The first kappa shape index (κ1) is 21.9. The predicted octanol–water partition coefficient (Wildman–Crippen LogP) is 3.07. The van der Waals surface area contributed by atoms with Crippen LogP contribution >= 0.6 is 0 Å². The number of carbonyl (C=O) groups is 2. The molecule has 160 valence electrons. The lowest BCUT2D eigenvalue weighted by Crippen LogP contribution is -2.47. The maximum atomic E-state index is 12.9. The molecule has 0 unspecified atom stereocenters. The molecule has 1 fully saturated rings. The average Bonchev–Trinajstić information content (AvgIpc) is 2.82. The van der Waals surface area contributed by atoms with Gasteiger partial charge in [0, 0.05) is 32.4 Å². The third-order valence-corrected chi connectivity index (χ3v) is 5.06. The molecule has 3 rings (SSSR count). The van der Waals surface area contributed by atoms with Crippen molar-refractivity contribution in [1.29, 1.82) is 5.26 Å². The van der Waals surface area contributed by atoms with E-state index >= 15 is 0 Å². The highest BCUT2D eigenvalue weighted by Crippen LogP contribution is 2.22. The maximum absolute atomic E-state index is 12.9. The van der Waals surface area contributed by atoms with Crippen LogP contribution in [-0.4, -0.2) is 54.6 Å². The molecule has 0 atom stereocenters. The monoisotopic (exact) mass is 418 g/mol. The number of nitrogens with one attached hydrogen (secondary N) is 1. The second-order valence-corrected chi connectivity index (χ2v) is 7.10. The number of ether oxygens (including phenoxy) is 1. The van der Waals surface area contributed by atoms with Gasteiger partial charge >= 0.3 is 6.09 Å². The van der Waals surface area contributed by atoms with E-state index in [1.54, 1.807) is 18.0 Å². The van der Waals surface area contributed by atoms with Crippen LogP contribution in [-0.2, 0) is 9.53 Å². The van der Waals surface area contributed by atoms with Gasteiger partial charge in [0.15, 0.2) is 0 Å². The molecule has 0 aromatic heterocycles. The van der Waals surface area contributed by atoms with E-state index in [2.05, 4.69) is 5.32 Å². The lowest BCUT2D eigenvalue weighted by molar-refractivity contribution is -0.117.